The number of ether oxygens (including phenoxy) is 2. The molecule has 0 aliphatic heterocycles. The van der Waals surface area contributed by atoms with Crippen LogP contribution in [0.15, 0.2) is 72.0 Å². The van der Waals surface area contributed by atoms with E-state index in [1.54, 1.807) is 26.2 Å². The molecule has 0 spiro atoms. The fourth-order valence-electron chi connectivity index (χ4n) is 2.56. The molecule has 0 saturated carbocycles. The van der Waals surface area contributed by atoms with E-state index in [9.17, 15) is 4.79 Å². The third kappa shape index (κ3) is 5.33. The predicted molar refractivity (Wildman–Crippen MR) is 113 cm³/mol. The van der Waals surface area contributed by atoms with Crippen molar-refractivity contribution in [1.82, 2.24) is 10.4 Å². The number of pyridine rings is 1. The molecule has 2 aromatic carbocycles. The van der Waals surface area contributed by atoms with Crippen molar-refractivity contribution in [1.29, 1.82) is 0 Å². The lowest BCUT2D eigenvalue weighted by Gasteiger charge is -2.12. The summed E-state index contributed by atoms with van der Waals surface area (Å²) in [6, 6.07) is 18.6. The van der Waals surface area contributed by atoms with Gasteiger partial charge in [-0.1, -0.05) is 41.9 Å². The van der Waals surface area contributed by atoms with Crippen molar-refractivity contribution in [3.8, 4) is 11.5 Å². The minimum absolute atomic E-state index is 0.124. The average Bonchev–Trinajstić information content (AvgIpc) is 2.76. The number of hydrazone groups is 1. The fraction of sp³-hybridized carbons (Fsp3) is 0.136. The SMILES string of the molecule is COc1cc(/C(C)=N/NC(=O)c2cccnc2Cl)ccc1OCc1ccccc1. The molecule has 0 unspecified atom stereocenters. The molecular weight excluding hydrogens is 390 g/mol. The second kappa shape index (κ2) is 9.71. The van der Waals surface area contributed by atoms with Crippen LogP contribution in [0.4, 0.5) is 0 Å². The Morgan fingerprint density at radius 2 is 1.90 bits per heavy atom. The molecule has 1 heterocycles. The number of amides is 1. The summed E-state index contributed by atoms with van der Waals surface area (Å²) in [5.74, 6) is 0.769. The van der Waals surface area contributed by atoms with E-state index in [-0.39, 0.29) is 10.7 Å². The second-order valence-corrected chi connectivity index (χ2v) is 6.48. The molecule has 0 aliphatic carbocycles. The zero-order valence-electron chi connectivity index (χ0n) is 16.1. The Hall–Kier alpha value is -3.38. The van der Waals surface area contributed by atoms with E-state index in [1.807, 2.05) is 48.5 Å². The average molecular weight is 410 g/mol. The quantitative estimate of drug-likeness (QED) is 0.355. The number of benzene rings is 2. The van der Waals surface area contributed by atoms with Crippen molar-refractivity contribution in [3.05, 3.63) is 88.7 Å². The van der Waals surface area contributed by atoms with Crippen molar-refractivity contribution in [2.75, 3.05) is 7.11 Å². The Labute approximate surface area is 174 Å². The molecule has 29 heavy (non-hydrogen) atoms. The molecule has 0 saturated heterocycles. The lowest BCUT2D eigenvalue weighted by atomic mass is 10.1. The molecule has 6 nitrogen and oxygen atoms in total. The number of halogens is 1. The summed E-state index contributed by atoms with van der Waals surface area (Å²) in [4.78, 5) is 16.1. The Balaban J connectivity index is 1.70. The summed E-state index contributed by atoms with van der Waals surface area (Å²) in [6.45, 7) is 2.22. The number of hydrogen-bond acceptors (Lipinski definition) is 5. The zero-order valence-corrected chi connectivity index (χ0v) is 16.8. The lowest BCUT2D eigenvalue weighted by molar-refractivity contribution is 0.0954. The number of aromatic nitrogens is 1. The van der Waals surface area contributed by atoms with Gasteiger partial charge in [0.2, 0.25) is 0 Å². The number of hydrogen-bond donors (Lipinski definition) is 1. The molecule has 3 aromatic rings. The Morgan fingerprint density at radius 3 is 2.62 bits per heavy atom. The van der Waals surface area contributed by atoms with Crippen LogP contribution in [-0.2, 0) is 6.61 Å². The van der Waals surface area contributed by atoms with Crippen LogP contribution in [0.3, 0.4) is 0 Å². The van der Waals surface area contributed by atoms with Crippen LogP contribution in [-0.4, -0.2) is 23.7 Å². The van der Waals surface area contributed by atoms with E-state index in [0.717, 1.165) is 11.1 Å². The Bertz CT molecular complexity index is 1020. The molecule has 0 aliphatic rings. The van der Waals surface area contributed by atoms with Crippen LogP contribution in [0.5, 0.6) is 11.5 Å². The van der Waals surface area contributed by atoms with E-state index >= 15 is 0 Å². The number of carbonyl (C=O) groups is 1. The van der Waals surface area contributed by atoms with Crippen LogP contribution in [0.1, 0.15) is 28.4 Å². The van der Waals surface area contributed by atoms with Crippen LogP contribution in [0.25, 0.3) is 0 Å². The third-order valence-corrected chi connectivity index (χ3v) is 4.45. The van der Waals surface area contributed by atoms with Gasteiger partial charge in [0.05, 0.1) is 18.4 Å². The van der Waals surface area contributed by atoms with Gasteiger partial charge in [-0.15, -0.1) is 0 Å². The van der Waals surface area contributed by atoms with Crippen molar-refractivity contribution in [3.63, 3.8) is 0 Å². The first-order chi connectivity index (χ1) is 14.1. The molecule has 148 valence electrons. The second-order valence-electron chi connectivity index (χ2n) is 6.12. The first-order valence-corrected chi connectivity index (χ1v) is 9.26. The molecule has 1 amide bonds. The van der Waals surface area contributed by atoms with Gasteiger partial charge < -0.3 is 9.47 Å². The summed E-state index contributed by atoms with van der Waals surface area (Å²) in [5.41, 5.74) is 5.20. The fourth-order valence-corrected chi connectivity index (χ4v) is 2.77. The Morgan fingerprint density at radius 1 is 1.10 bits per heavy atom. The zero-order chi connectivity index (χ0) is 20.6. The van der Waals surface area contributed by atoms with E-state index in [4.69, 9.17) is 21.1 Å². The smallest absolute Gasteiger partial charge is 0.274 e. The van der Waals surface area contributed by atoms with Crippen molar-refractivity contribution in [2.45, 2.75) is 13.5 Å². The van der Waals surface area contributed by atoms with Gasteiger partial charge in [-0.05, 0) is 42.8 Å². The number of nitrogens with zero attached hydrogens (tertiary/aromatic N) is 2. The van der Waals surface area contributed by atoms with Crippen LogP contribution < -0.4 is 14.9 Å². The molecule has 0 radical (unpaired) electrons. The Kier molecular flexibility index (Phi) is 6.81. The van der Waals surface area contributed by atoms with Gasteiger partial charge >= 0.3 is 0 Å². The van der Waals surface area contributed by atoms with Crippen molar-refractivity contribution >= 4 is 23.2 Å². The van der Waals surface area contributed by atoms with Crippen molar-refractivity contribution < 1.29 is 14.3 Å². The van der Waals surface area contributed by atoms with Gasteiger partial charge in [0.25, 0.3) is 5.91 Å². The number of carbonyl (C=O) groups excluding carboxylic acids is 1. The number of methoxy groups -OCH3 is 1. The maximum Gasteiger partial charge on any atom is 0.274 e. The van der Waals surface area contributed by atoms with E-state index in [2.05, 4.69) is 15.5 Å². The van der Waals surface area contributed by atoms with Gasteiger partial charge in [0.1, 0.15) is 11.8 Å². The highest BCUT2D eigenvalue weighted by Gasteiger charge is 2.11. The highest BCUT2D eigenvalue weighted by atomic mass is 35.5. The summed E-state index contributed by atoms with van der Waals surface area (Å²) >= 11 is 5.93. The first kappa shape index (κ1) is 20.4. The molecule has 7 heteroatoms. The standard InChI is InChI=1S/C22H20ClN3O3/c1-15(25-26-22(27)18-9-6-12-24-21(18)23)17-10-11-19(20(13-17)28-2)29-14-16-7-4-3-5-8-16/h3-13H,14H2,1-2H3,(H,26,27)/b25-15+. The van der Waals surface area contributed by atoms with Crippen LogP contribution >= 0.6 is 11.6 Å². The van der Waals surface area contributed by atoms with Crippen LogP contribution in [0.2, 0.25) is 5.15 Å². The van der Waals surface area contributed by atoms with E-state index in [0.29, 0.717) is 23.8 Å². The van der Waals surface area contributed by atoms with Gasteiger partial charge in [0.15, 0.2) is 11.5 Å². The number of nitrogens with one attached hydrogen (secondary N) is 1. The monoisotopic (exact) mass is 409 g/mol. The molecular formula is C22H20ClN3O3. The van der Waals surface area contributed by atoms with Crippen molar-refractivity contribution in [2.24, 2.45) is 5.10 Å². The highest BCUT2D eigenvalue weighted by molar-refractivity contribution is 6.32. The molecule has 1 aromatic heterocycles. The number of rotatable bonds is 7. The van der Waals surface area contributed by atoms with Gasteiger partial charge in [-0.25, -0.2) is 10.4 Å². The topological polar surface area (TPSA) is 72.8 Å². The third-order valence-electron chi connectivity index (χ3n) is 4.15. The predicted octanol–water partition coefficient (Wildman–Crippen LogP) is 4.48. The summed E-state index contributed by atoms with van der Waals surface area (Å²) in [7, 11) is 1.58. The highest BCUT2D eigenvalue weighted by Crippen LogP contribution is 2.29. The minimum atomic E-state index is -0.433. The molecule has 3 rings (SSSR count). The first-order valence-electron chi connectivity index (χ1n) is 8.88. The van der Waals surface area contributed by atoms with E-state index in [1.165, 1.54) is 6.20 Å². The largest absolute Gasteiger partial charge is 0.493 e. The summed E-state index contributed by atoms with van der Waals surface area (Å²) in [5, 5.41) is 4.27. The summed E-state index contributed by atoms with van der Waals surface area (Å²) in [6.07, 6.45) is 1.52. The summed E-state index contributed by atoms with van der Waals surface area (Å²) < 4.78 is 11.3. The molecule has 1 N–H and O–H groups in total. The normalized spacial score (nSPS) is 11.1. The maximum absolute atomic E-state index is 12.2. The molecule has 0 fully saturated rings. The van der Waals surface area contributed by atoms with Gasteiger partial charge in [-0.3, -0.25) is 4.79 Å². The van der Waals surface area contributed by atoms with Gasteiger partial charge in [0, 0.05) is 11.8 Å². The maximum atomic E-state index is 12.2. The van der Waals surface area contributed by atoms with Gasteiger partial charge in [-0.2, -0.15) is 5.10 Å². The molecule has 0 atom stereocenters. The minimum Gasteiger partial charge on any atom is -0.493 e. The van der Waals surface area contributed by atoms with Crippen LogP contribution in [0, 0.1) is 0 Å². The lowest BCUT2D eigenvalue weighted by Crippen LogP contribution is -2.20. The molecule has 0 bridgehead atoms. The van der Waals surface area contributed by atoms with E-state index < -0.39 is 5.91 Å².